The van der Waals surface area contributed by atoms with E-state index in [2.05, 4.69) is 15.3 Å². The van der Waals surface area contributed by atoms with E-state index in [9.17, 15) is 10.1 Å². The van der Waals surface area contributed by atoms with Crippen molar-refractivity contribution in [2.24, 2.45) is 0 Å². The highest BCUT2D eigenvalue weighted by atomic mass is 16.6. The summed E-state index contributed by atoms with van der Waals surface area (Å²) in [6.07, 6.45) is 2.60. The Hall–Kier alpha value is -2.50. The molecule has 0 aromatic carbocycles. The Balaban J connectivity index is 2.46. The van der Waals surface area contributed by atoms with Crippen molar-refractivity contribution in [1.82, 2.24) is 9.97 Å². The van der Waals surface area contributed by atoms with Gasteiger partial charge in [-0.1, -0.05) is 6.92 Å². The zero-order valence-electron chi connectivity index (χ0n) is 11.5. The highest BCUT2D eigenvalue weighted by molar-refractivity contribution is 5.65. The van der Waals surface area contributed by atoms with E-state index in [-0.39, 0.29) is 5.69 Å². The molecular weight excluding hydrogens is 256 g/mol. The van der Waals surface area contributed by atoms with Gasteiger partial charge < -0.3 is 5.32 Å². The first kappa shape index (κ1) is 13.9. The van der Waals surface area contributed by atoms with Crippen molar-refractivity contribution in [1.29, 1.82) is 0 Å². The number of nitrogens with one attached hydrogen (secondary N) is 1. The number of hydrogen-bond donors (Lipinski definition) is 1. The number of anilines is 1. The van der Waals surface area contributed by atoms with Gasteiger partial charge in [-0.2, -0.15) is 0 Å². The molecule has 0 aliphatic rings. The van der Waals surface area contributed by atoms with Crippen LogP contribution < -0.4 is 5.32 Å². The minimum absolute atomic E-state index is 0.0306. The fourth-order valence-corrected chi connectivity index (χ4v) is 1.82. The number of nitrogens with zero attached hydrogens (tertiary/aromatic N) is 3. The lowest BCUT2D eigenvalue weighted by Crippen LogP contribution is -2.03. The minimum Gasteiger partial charge on any atom is -0.370 e. The molecule has 6 heteroatoms. The highest BCUT2D eigenvalue weighted by Crippen LogP contribution is 2.25. The van der Waals surface area contributed by atoms with E-state index in [1.165, 1.54) is 12.1 Å². The number of aromatic nitrogens is 2. The Bertz CT molecular complexity index is 628. The highest BCUT2D eigenvalue weighted by Gasteiger charge is 2.12. The maximum atomic E-state index is 11.0. The van der Waals surface area contributed by atoms with Crippen LogP contribution in [0, 0.1) is 17.0 Å². The number of pyridine rings is 2. The topological polar surface area (TPSA) is 81.0 Å². The Morgan fingerprint density at radius 1 is 1.35 bits per heavy atom. The largest absolute Gasteiger partial charge is 0.370 e. The van der Waals surface area contributed by atoms with Gasteiger partial charge in [0.05, 0.1) is 16.7 Å². The molecule has 0 saturated heterocycles. The predicted molar refractivity (Wildman–Crippen MR) is 77.6 cm³/mol. The van der Waals surface area contributed by atoms with E-state index in [4.69, 9.17) is 0 Å². The summed E-state index contributed by atoms with van der Waals surface area (Å²) in [4.78, 5) is 19.1. The smallest absolute Gasteiger partial charge is 0.275 e. The zero-order chi connectivity index (χ0) is 14.5. The Morgan fingerprint density at radius 3 is 2.80 bits per heavy atom. The molecule has 104 valence electrons. The van der Waals surface area contributed by atoms with Crippen LogP contribution in [0.25, 0.3) is 11.3 Å². The molecule has 2 rings (SSSR count). The minimum atomic E-state index is -0.406. The predicted octanol–water partition coefficient (Wildman–Crippen LogP) is 3.18. The van der Waals surface area contributed by atoms with Gasteiger partial charge >= 0.3 is 0 Å². The van der Waals surface area contributed by atoms with Crippen LogP contribution in [0.1, 0.15) is 19.0 Å². The molecule has 20 heavy (non-hydrogen) atoms. The van der Waals surface area contributed by atoms with Crippen molar-refractivity contribution in [3.8, 4) is 11.3 Å². The third-order valence-electron chi connectivity index (χ3n) is 2.77. The SMILES string of the molecule is CCCNc1cc([N+](=O)[O-])cc(-c2ccnc(C)c2)n1. The van der Waals surface area contributed by atoms with Crippen LogP contribution >= 0.6 is 0 Å². The summed E-state index contributed by atoms with van der Waals surface area (Å²) in [5, 5.41) is 14.1. The molecule has 0 bridgehead atoms. The summed E-state index contributed by atoms with van der Waals surface area (Å²) in [6, 6.07) is 6.58. The molecule has 0 spiro atoms. The zero-order valence-corrected chi connectivity index (χ0v) is 11.5. The van der Waals surface area contributed by atoms with Crippen LogP contribution in [0.2, 0.25) is 0 Å². The van der Waals surface area contributed by atoms with Gasteiger partial charge in [0, 0.05) is 30.1 Å². The molecule has 0 aliphatic carbocycles. The van der Waals surface area contributed by atoms with Crippen molar-refractivity contribution < 1.29 is 4.92 Å². The van der Waals surface area contributed by atoms with E-state index in [1.54, 1.807) is 12.3 Å². The molecule has 2 heterocycles. The van der Waals surface area contributed by atoms with Gasteiger partial charge in [0.2, 0.25) is 0 Å². The molecule has 0 radical (unpaired) electrons. The molecule has 0 amide bonds. The standard InChI is InChI=1S/C14H16N4O2/c1-3-5-16-14-9-12(18(19)20)8-13(17-14)11-4-6-15-10(2)7-11/h4,6-9H,3,5H2,1-2H3,(H,16,17). The fraction of sp³-hybridized carbons (Fsp3) is 0.286. The van der Waals surface area contributed by atoms with Gasteiger partial charge in [-0.05, 0) is 25.5 Å². The maximum Gasteiger partial charge on any atom is 0.275 e. The first-order valence-electron chi connectivity index (χ1n) is 6.43. The molecule has 0 unspecified atom stereocenters. The number of hydrogen-bond acceptors (Lipinski definition) is 5. The lowest BCUT2D eigenvalue weighted by atomic mass is 10.1. The van der Waals surface area contributed by atoms with Crippen molar-refractivity contribution in [3.63, 3.8) is 0 Å². The second-order valence-electron chi connectivity index (χ2n) is 4.47. The second kappa shape index (κ2) is 6.10. The number of rotatable bonds is 5. The first-order chi connectivity index (χ1) is 9.60. The van der Waals surface area contributed by atoms with Gasteiger partial charge in [-0.25, -0.2) is 4.98 Å². The second-order valence-corrected chi connectivity index (χ2v) is 4.47. The van der Waals surface area contributed by atoms with Crippen LogP contribution in [0.3, 0.4) is 0 Å². The summed E-state index contributed by atoms with van der Waals surface area (Å²) in [5.74, 6) is 0.519. The molecule has 0 saturated carbocycles. The van der Waals surface area contributed by atoms with Gasteiger partial charge in [0.25, 0.3) is 5.69 Å². The van der Waals surface area contributed by atoms with Gasteiger partial charge in [-0.3, -0.25) is 15.1 Å². The fourth-order valence-electron chi connectivity index (χ4n) is 1.82. The van der Waals surface area contributed by atoms with Crippen molar-refractivity contribution >= 4 is 11.5 Å². The quantitative estimate of drug-likeness (QED) is 0.667. The normalized spacial score (nSPS) is 10.3. The van der Waals surface area contributed by atoms with Crippen LogP contribution in [0.4, 0.5) is 11.5 Å². The summed E-state index contributed by atoms with van der Waals surface area (Å²) in [5.41, 5.74) is 2.27. The molecule has 2 aromatic heterocycles. The average molecular weight is 272 g/mol. The first-order valence-corrected chi connectivity index (χ1v) is 6.43. The van der Waals surface area contributed by atoms with Gasteiger partial charge in [-0.15, -0.1) is 0 Å². The van der Waals surface area contributed by atoms with Gasteiger partial charge in [0.15, 0.2) is 0 Å². The molecule has 0 fully saturated rings. The molecule has 0 aliphatic heterocycles. The third kappa shape index (κ3) is 3.28. The van der Waals surface area contributed by atoms with E-state index in [1.807, 2.05) is 19.9 Å². The molecule has 1 N–H and O–H groups in total. The third-order valence-corrected chi connectivity index (χ3v) is 2.77. The molecular formula is C14H16N4O2. The molecule has 2 aromatic rings. The van der Waals surface area contributed by atoms with E-state index < -0.39 is 4.92 Å². The van der Waals surface area contributed by atoms with E-state index in [0.717, 1.165) is 24.2 Å². The lowest BCUT2D eigenvalue weighted by Gasteiger charge is -2.07. The molecule has 6 nitrogen and oxygen atoms in total. The van der Waals surface area contributed by atoms with Crippen LogP contribution in [0.15, 0.2) is 30.5 Å². The number of nitro groups is 1. The van der Waals surface area contributed by atoms with E-state index >= 15 is 0 Å². The summed E-state index contributed by atoms with van der Waals surface area (Å²) >= 11 is 0. The number of aryl methyl sites for hydroxylation is 1. The Labute approximate surface area is 117 Å². The van der Waals surface area contributed by atoms with E-state index in [0.29, 0.717) is 11.5 Å². The Morgan fingerprint density at radius 2 is 2.15 bits per heavy atom. The van der Waals surface area contributed by atoms with Crippen molar-refractivity contribution in [2.45, 2.75) is 20.3 Å². The molecule has 0 atom stereocenters. The summed E-state index contributed by atoms with van der Waals surface area (Å²) in [6.45, 7) is 4.62. The lowest BCUT2D eigenvalue weighted by molar-refractivity contribution is -0.384. The average Bonchev–Trinajstić information content (AvgIpc) is 2.44. The van der Waals surface area contributed by atoms with Crippen LogP contribution in [-0.2, 0) is 0 Å². The van der Waals surface area contributed by atoms with Crippen molar-refractivity contribution in [3.05, 3.63) is 46.3 Å². The summed E-state index contributed by atoms with van der Waals surface area (Å²) < 4.78 is 0. The Kier molecular flexibility index (Phi) is 4.24. The van der Waals surface area contributed by atoms with Crippen molar-refractivity contribution in [2.75, 3.05) is 11.9 Å². The maximum absolute atomic E-state index is 11.0. The van der Waals surface area contributed by atoms with Crippen LogP contribution in [0.5, 0.6) is 0 Å². The summed E-state index contributed by atoms with van der Waals surface area (Å²) in [7, 11) is 0. The monoisotopic (exact) mass is 272 g/mol. The van der Waals surface area contributed by atoms with Gasteiger partial charge in [0.1, 0.15) is 5.82 Å². The van der Waals surface area contributed by atoms with Crippen LogP contribution in [-0.4, -0.2) is 21.4 Å².